The van der Waals surface area contributed by atoms with Gasteiger partial charge < -0.3 is 5.32 Å². The summed E-state index contributed by atoms with van der Waals surface area (Å²) in [5.41, 5.74) is 2.39. The number of amides is 1. The number of rotatable bonds is 5. The molecule has 2 rings (SSSR count). The molecule has 5 nitrogen and oxygen atoms in total. The van der Waals surface area contributed by atoms with Gasteiger partial charge in [-0.15, -0.1) is 11.3 Å². The van der Waals surface area contributed by atoms with Gasteiger partial charge in [-0.05, 0) is 54.6 Å². The average Bonchev–Trinajstić information content (AvgIpc) is 2.92. The smallest absolute Gasteiger partial charge is 0.248 e. The highest BCUT2D eigenvalue weighted by Crippen LogP contribution is 2.22. The SMILES string of the molecule is Cc1ccc(S(=O)(=O)N(C)C)cc1NC(=O)C=Cc1sccc1C. The molecule has 1 aromatic carbocycles. The molecule has 0 aliphatic rings. The Balaban J connectivity index is 2.22. The minimum absolute atomic E-state index is 0.145. The molecule has 1 heterocycles. The maximum absolute atomic E-state index is 12.2. The molecular weight excluding hydrogens is 344 g/mol. The lowest BCUT2D eigenvalue weighted by Crippen LogP contribution is -2.22. The topological polar surface area (TPSA) is 66.5 Å². The van der Waals surface area contributed by atoms with Crippen molar-refractivity contribution in [3.8, 4) is 0 Å². The van der Waals surface area contributed by atoms with Crippen LogP contribution in [0.5, 0.6) is 0 Å². The summed E-state index contributed by atoms with van der Waals surface area (Å²) in [6.45, 7) is 3.79. The van der Waals surface area contributed by atoms with E-state index in [1.165, 1.54) is 32.3 Å². The molecule has 0 aliphatic heterocycles. The van der Waals surface area contributed by atoms with Crippen molar-refractivity contribution >= 4 is 39.0 Å². The van der Waals surface area contributed by atoms with Crippen molar-refractivity contribution in [2.45, 2.75) is 18.7 Å². The van der Waals surface area contributed by atoms with Crippen molar-refractivity contribution < 1.29 is 13.2 Å². The number of hydrogen-bond donors (Lipinski definition) is 1. The molecule has 0 aliphatic carbocycles. The minimum Gasteiger partial charge on any atom is -0.322 e. The molecule has 128 valence electrons. The Bertz CT molecular complexity index is 881. The van der Waals surface area contributed by atoms with Crippen LogP contribution in [0.3, 0.4) is 0 Å². The van der Waals surface area contributed by atoms with E-state index in [0.29, 0.717) is 5.69 Å². The molecule has 24 heavy (non-hydrogen) atoms. The first-order chi connectivity index (χ1) is 11.2. The number of nitrogens with one attached hydrogen (secondary N) is 1. The first-order valence-electron chi connectivity index (χ1n) is 7.28. The molecule has 1 aromatic heterocycles. The van der Waals surface area contributed by atoms with E-state index in [1.54, 1.807) is 23.5 Å². The Hall–Kier alpha value is -1.96. The normalized spacial score (nSPS) is 12.0. The Kier molecular flexibility index (Phi) is 5.58. The van der Waals surface area contributed by atoms with Crippen LogP contribution < -0.4 is 5.32 Å². The number of benzene rings is 1. The fourth-order valence-corrected chi connectivity index (χ4v) is 3.74. The molecule has 0 fully saturated rings. The lowest BCUT2D eigenvalue weighted by atomic mass is 10.2. The zero-order valence-electron chi connectivity index (χ0n) is 14.0. The van der Waals surface area contributed by atoms with Gasteiger partial charge in [0.2, 0.25) is 15.9 Å². The number of hydrogen-bond acceptors (Lipinski definition) is 4. The summed E-state index contributed by atoms with van der Waals surface area (Å²) in [6, 6.07) is 6.68. The third kappa shape index (κ3) is 4.11. The highest BCUT2D eigenvalue weighted by atomic mass is 32.2. The molecule has 1 N–H and O–H groups in total. The zero-order chi connectivity index (χ0) is 17.9. The van der Waals surface area contributed by atoms with Crippen molar-refractivity contribution in [2.75, 3.05) is 19.4 Å². The number of thiophene rings is 1. The number of carbonyl (C=O) groups excluding carboxylic acids is 1. The highest BCUT2D eigenvalue weighted by molar-refractivity contribution is 7.89. The summed E-state index contributed by atoms with van der Waals surface area (Å²) >= 11 is 1.56. The fourth-order valence-electron chi connectivity index (χ4n) is 1.99. The van der Waals surface area contributed by atoms with Crippen LogP contribution in [0.1, 0.15) is 16.0 Å². The van der Waals surface area contributed by atoms with Crippen LogP contribution in [0.4, 0.5) is 5.69 Å². The van der Waals surface area contributed by atoms with Crippen LogP contribution in [0.2, 0.25) is 0 Å². The molecule has 0 atom stereocenters. The molecule has 0 saturated heterocycles. The number of carbonyl (C=O) groups is 1. The fraction of sp³-hybridized carbons (Fsp3) is 0.235. The van der Waals surface area contributed by atoms with Crippen molar-refractivity contribution in [3.63, 3.8) is 0 Å². The second kappa shape index (κ2) is 7.29. The number of aryl methyl sites for hydroxylation is 2. The monoisotopic (exact) mass is 364 g/mol. The quantitative estimate of drug-likeness (QED) is 0.828. The predicted molar refractivity (Wildman–Crippen MR) is 98.8 cm³/mol. The number of sulfonamides is 1. The molecule has 0 bridgehead atoms. The van der Waals surface area contributed by atoms with Crippen LogP contribution in [-0.4, -0.2) is 32.7 Å². The molecule has 1 amide bonds. The van der Waals surface area contributed by atoms with E-state index >= 15 is 0 Å². The lowest BCUT2D eigenvalue weighted by Gasteiger charge is -2.14. The van der Waals surface area contributed by atoms with Gasteiger partial charge in [-0.3, -0.25) is 4.79 Å². The van der Waals surface area contributed by atoms with Gasteiger partial charge in [0.1, 0.15) is 0 Å². The van der Waals surface area contributed by atoms with E-state index in [1.807, 2.05) is 25.3 Å². The second-order valence-electron chi connectivity index (χ2n) is 5.55. The minimum atomic E-state index is -3.54. The van der Waals surface area contributed by atoms with Crippen molar-refractivity contribution in [1.82, 2.24) is 4.31 Å². The summed E-state index contributed by atoms with van der Waals surface area (Å²) in [5, 5.41) is 4.70. The van der Waals surface area contributed by atoms with Crippen LogP contribution >= 0.6 is 11.3 Å². The van der Waals surface area contributed by atoms with Gasteiger partial charge in [-0.1, -0.05) is 6.07 Å². The third-order valence-electron chi connectivity index (χ3n) is 3.53. The summed E-state index contributed by atoms with van der Waals surface area (Å²) < 4.78 is 25.5. The Morgan fingerprint density at radius 1 is 1.17 bits per heavy atom. The molecule has 2 aromatic rings. The Labute approximate surface area is 146 Å². The highest BCUT2D eigenvalue weighted by Gasteiger charge is 2.18. The van der Waals surface area contributed by atoms with E-state index < -0.39 is 10.0 Å². The van der Waals surface area contributed by atoms with Crippen molar-refractivity contribution in [1.29, 1.82) is 0 Å². The summed E-state index contributed by atoms with van der Waals surface area (Å²) in [7, 11) is -0.596. The van der Waals surface area contributed by atoms with Gasteiger partial charge in [0.25, 0.3) is 0 Å². The van der Waals surface area contributed by atoms with E-state index in [9.17, 15) is 13.2 Å². The van der Waals surface area contributed by atoms with Gasteiger partial charge in [-0.25, -0.2) is 12.7 Å². The summed E-state index contributed by atoms with van der Waals surface area (Å²) in [6.07, 6.45) is 3.20. The van der Waals surface area contributed by atoms with E-state index in [0.717, 1.165) is 20.3 Å². The summed E-state index contributed by atoms with van der Waals surface area (Å²) in [5.74, 6) is -0.301. The zero-order valence-corrected chi connectivity index (χ0v) is 15.7. The lowest BCUT2D eigenvalue weighted by molar-refractivity contribution is -0.111. The van der Waals surface area contributed by atoms with Crippen molar-refractivity contribution in [2.24, 2.45) is 0 Å². The second-order valence-corrected chi connectivity index (χ2v) is 8.65. The molecule has 0 saturated carbocycles. The van der Waals surface area contributed by atoms with Gasteiger partial charge in [0, 0.05) is 30.7 Å². The van der Waals surface area contributed by atoms with E-state index in [2.05, 4.69) is 5.32 Å². The first-order valence-corrected chi connectivity index (χ1v) is 9.60. The Morgan fingerprint density at radius 3 is 2.46 bits per heavy atom. The van der Waals surface area contributed by atoms with Crippen LogP contribution in [0, 0.1) is 13.8 Å². The maximum atomic E-state index is 12.2. The van der Waals surface area contributed by atoms with Gasteiger partial charge >= 0.3 is 0 Å². The van der Waals surface area contributed by atoms with E-state index in [4.69, 9.17) is 0 Å². The van der Waals surface area contributed by atoms with E-state index in [-0.39, 0.29) is 10.8 Å². The molecule has 0 radical (unpaired) electrons. The maximum Gasteiger partial charge on any atom is 0.248 e. The Morgan fingerprint density at radius 2 is 1.88 bits per heavy atom. The van der Waals surface area contributed by atoms with Gasteiger partial charge in [0.15, 0.2) is 0 Å². The van der Waals surface area contributed by atoms with Crippen LogP contribution in [0.25, 0.3) is 6.08 Å². The largest absolute Gasteiger partial charge is 0.322 e. The number of nitrogens with zero attached hydrogens (tertiary/aromatic N) is 1. The summed E-state index contributed by atoms with van der Waals surface area (Å²) in [4.78, 5) is 13.3. The van der Waals surface area contributed by atoms with Crippen molar-refractivity contribution in [3.05, 3.63) is 51.7 Å². The standard InChI is InChI=1S/C17H20N2O3S2/c1-12-5-6-14(24(21,22)19(3)4)11-15(12)18-17(20)8-7-16-13(2)9-10-23-16/h5-11H,1-4H3,(H,18,20). The van der Waals surface area contributed by atoms with Crippen LogP contribution in [0.15, 0.2) is 40.6 Å². The molecule has 0 spiro atoms. The third-order valence-corrected chi connectivity index (χ3v) is 6.33. The average molecular weight is 364 g/mol. The molecule has 0 unspecified atom stereocenters. The van der Waals surface area contributed by atoms with Gasteiger partial charge in [-0.2, -0.15) is 0 Å². The molecular formula is C17H20N2O3S2. The molecule has 7 heteroatoms. The predicted octanol–water partition coefficient (Wildman–Crippen LogP) is 3.27. The number of anilines is 1. The van der Waals surface area contributed by atoms with Crippen LogP contribution in [-0.2, 0) is 14.8 Å². The first kappa shape index (κ1) is 18.4. The van der Waals surface area contributed by atoms with Gasteiger partial charge in [0.05, 0.1) is 4.90 Å².